The second kappa shape index (κ2) is 7.60. The van der Waals surface area contributed by atoms with Gasteiger partial charge in [0.1, 0.15) is 0 Å². The molecule has 0 aliphatic carbocycles. The Hall–Kier alpha value is -2.13. The average Bonchev–Trinajstić information content (AvgIpc) is 2.46. The van der Waals surface area contributed by atoms with Gasteiger partial charge in [0, 0.05) is 6.54 Å². The maximum atomic E-state index is 11.9. The molecule has 2 aromatic carbocycles. The molecule has 0 radical (unpaired) electrons. The zero-order valence-electron chi connectivity index (χ0n) is 12.4. The molecule has 0 bridgehead atoms. The molecule has 0 saturated carbocycles. The Morgan fingerprint density at radius 2 is 1.95 bits per heavy atom. The van der Waals surface area contributed by atoms with Crippen LogP contribution in [0.3, 0.4) is 0 Å². The molecule has 0 aromatic heterocycles. The van der Waals surface area contributed by atoms with Crippen LogP contribution in [-0.4, -0.2) is 25.7 Å². The number of fused-ring (bicyclic) bond motifs is 1. The summed E-state index contributed by atoms with van der Waals surface area (Å²) in [6.45, 7) is 7.25. The van der Waals surface area contributed by atoms with E-state index in [1.807, 2.05) is 31.2 Å². The highest BCUT2D eigenvalue weighted by Crippen LogP contribution is 2.15. The van der Waals surface area contributed by atoms with Gasteiger partial charge in [-0.15, -0.1) is 0 Å². The van der Waals surface area contributed by atoms with Crippen LogP contribution in [0.4, 0.5) is 0 Å². The first-order valence-corrected chi connectivity index (χ1v) is 7.11. The third kappa shape index (κ3) is 5.04. The van der Waals surface area contributed by atoms with Crippen molar-refractivity contribution < 1.29 is 9.53 Å². The highest BCUT2D eigenvalue weighted by Gasteiger charge is 2.03. The smallest absolute Gasteiger partial charge is 0.224 e. The molecular weight excluding hydrogens is 262 g/mol. The Morgan fingerprint density at radius 1 is 1.19 bits per heavy atom. The molecule has 0 fully saturated rings. The van der Waals surface area contributed by atoms with E-state index in [-0.39, 0.29) is 5.91 Å². The van der Waals surface area contributed by atoms with E-state index in [2.05, 4.69) is 30.1 Å². The van der Waals surface area contributed by atoms with Gasteiger partial charge in [0.2, 0.25) is 5.91 Å². The minimum Gasteiger partial charge on any atom is -0.375 e. The quantitative estimate of drug-likeness (QED) is 0.626. The van der Waals surface area contributed by atoms with Crippen LogP contribution in [0.15, 0.2) is 54.6 Å². The lowest BCUT2D eigenvalue weighted by atomic mass is 10.1. The van der Waals surface area contributed by atoms with Gasteiger partial charge in [-0.2, -0.15) is 0 Å². The summed E-state index contributed by atoms with van der Waals surface area (Å²) in [5.74, 6) is 0.0178. The highest BCUT2D eigenvalue weighted by atomic mass is 16.5. The molecule has 0 heterocycles. The molecule has 0 unspecified atom stereocenters. The number of benzene rings is 2. The van der Waals surface area contributed by atoms with Crippen LogP contribution in [0.2, 0.25) is 0 Å². The largest absolute Gasteiger partial charge is 0.375 e. The van der Waals surface area contributed by atoms with Gasteiger partial charge in [0.15, 0.2) is 0 Å². The van der Waals surface area contributed by atoms with Crippen LogP contribution in [0.5, 0.6) is 0 Å². The maximum Gasteiger partial charge on any atom is 0.224 e. The number of nitrogens with one attached hydrogen (secondary N) is 1. The summed E-state index contributed by atoms with van der Waals surface area (Å²) in [6, 6.07) is 14.3. The van der Waals surface area contributed by atoms with Crippen molar-refractivity contribution in [3.8, 4) is 0 Å². The van der Waals surface area contributed by atoms with Crippen molar-refractivity contribution in [2.24, 2.45) is 0 Å². The Labute approximate surface area is 125 Å². The lowest BCUT2D eigenvalue weighted by molar-refractivity contribution is -0.120. The molecule has 0 atom stereocenters. The molecule has 110 valence electrons. The van der Waals surface area contributed by atoms with Crippen LogP contribution in [0, 0.1) is 0 Å². The van der Waals surface area contributed by atoms with E-state index in [9.17, 15) is 4.79 Å². The van der Waals surface area contributed by atoms with Crippen molar-refractivity contribution in [1.29, 1.82) is 0 Å². The maximum absolute atomic E-state index is 11.9. The fourth-order valence-corrected chi connectivity index (χ4v) is 2.11. The molecule has 1 N–H and O–H groups in total. The van der Waals surface area contributed by atoms with Gasteiger partial charge in [-0.05, 0) is 23.3 Å². The molecule has 0 saturated heterocycles. The van der Waals surface area contributed by atoms with Crippen molar-refractivity contribution in [1.82, 2.24) is 5.32 Å². The van der Waals surface area contributed by atoms with Crippen LogP contribution in [-0.2, 0) is 16.0 Å². The summed E-state index contributed by atoms with van der Waals surface area (Å²) in [5.41, 5.74) is 2.01. The average molecular weight is 283 g/mol. The highest BCUT2D eigenvalue weighted by molar-refractivity contribution is 5.85. The molecule has 0 aliphatic heterocycles. The van der Waals surface area contributed by atoms with E-state index in [0.29, 0.717) is 26.2 Å². The van der Waals surface area contributed by atoms with E-state index in [4.69, 9.17) is 4.74 Å². The Kier molecular flexibility index (Phi) is 5.52. The zero-order valence-corrected chi connectivity index (χ0v) is 12.4. The van der Waals surface area contributed by atoms with Crippen LogP contribution in [0.25, 0.3) is 10.8 Å². The van der Waals surface area contributed by atoms with Crippen molar-refractivity contribution in [2.45, 2.75) is 13.3 Å². The van der Waals surface area contributed by atoms with Crippen molar-refractivity contribution in [2.75, 3.05) is 19.8 Å². The van der Waals surface area contributed by atoms with E-state index >= 15 is 0 Å². The molecule has 0 aliphatic rings. The molecule has 2 rings (SSSR count). The predicted octanol–water partition coefficient (Wildman–Crippen LogP) is 3.09. The van der Waals surface area contributed by atoms with Crippen molar-refractivity contribution in [3.63, 3.8) is 0 Å². The van der Waals surface area contributed by atoms with Crippen LogP contribution < -0.4 is 5.32 Å². The summed E-state index contributed by atoms with van der Waals surface area (Å²) in [5, 5.41) is 5.21. The summed E-state index contributed by atoms with van der Waals surface area (Å²) >= 11 is 0. The van der Waals surface area contributed by atoms with Gasteiger partial charge in [-0.25, -0.2) is 0 Å². The summed E-state index contributed by atoms with van der Waals surface area (Å²) < 4.78 is 5.34. The first kappa shape index (κ1) is 15.3. The number of carbonyl (C=O) groups excluding carboxylic acids is 1. The molecular formula is C18H21NO2. The first-order valence-electron chi connectivity index (χ1n) is 7.11. The first-order chi connectivity index (χ1) is 10.1. The van der Waals surface area contributed by atoms with Gasteiger partial charge in [0.05, 0.1) is 19.6 Å². The fraction of sp³-hybridized carbons (Fsp3) is 0.278. The number of hydrogen-bond acceptors (Lipinski definition) is 2. The number of hydrogen-bond donors (Lipinski definition) is 1. The topological polar surface area (TPSA) is 38.3 Å². The lowest BCUT2D eigenvalue weighted by Crippen LogP contribution is -2.28. The molecule has 21 heavy (non-hydrogen) atoms. The van der Waals surface area contributed by atoms with Crippen molar-refractivity contribution >= 4 is 16.7 Å². The lowest BCUT2D eigenvalue weighted by Gasteiger charge is -2.07. The number of carbonyl (C=O) groups is 1. The second-order valence-corrected chi connectivity index (χ2v) is 5.22. The summed E-state index contributed by atoms with van der Waals surface area (Å²) in [6.07, 6.45) is 0.394. The number of rotatable bonds is 7. The standard InChI is InChI=1S/C18H21NO2/c1-14(2)13-21-10-9-19-18(20)12-15-7-8-16-5-3-4-6-17(16)11-15/h3-8,11H,1,9-10,12-13H2,2H3,(H,19,20). The Bertz CT molecular complexity index is 634. The van der Waals surface area contributed by atoms with Gasteiger partial charge >= 0.3 is 0 Å². The monoisotopic (exact) mass is 283 g/mol. The molecule has 3 nitrogen and oxygen atoms in total. The van der Waals surface area contributed by atoms with E-state index in [1.54, 1.807) is 0 Å². The van der Waals surface area contributed by atoms with Gasteiger partial charge in [-0.3, -0.25) is 4.79 Å². The molecule has 1 amide bonds. The van der Waals surface area contributed by atoms with Gasteiger partial charge in [-0.1, -0.05) is 54.6 Å². The van der Waals surface area contributed by atoms with Gasteiger partial charge in [0.25, 0.3) is 0 Å². The zero-order chi connectivity index (χ0) is 15.1. The van der Waals surface area contributed by atoms with Gasteiger partial charge < -0.3 is 10.1 Å². The minimum absolute atomic E-state index is 0.0178. The molecule has 3 heteroatoms. The predicted molar refractivity (Wildman–Crippen MR) is 86.3 cm³/mol. The fourth-order valence-electron chi connectivity index (χ4n) is 2.11. The van der Waals surface area contributed by atoms with Crippen LogP contribution in [0.1, 0.15) is 12.5 Å². The number of amides is 1. The summed E-state index contributed by atoms with van der Waals surface area (Å²) in [4.78, 5) is 11.9. The van der Waals surface area contributed by atoms with E-state index < -0.39 is 0 Å². The second-order valence-electron chi connectivity index (χ2n) is 5.22. The normalized spacial score (nSPS) is 10.5. The number of ether oxygens (including phenoxy) is 1. The molecule has 2 aromatic rings. The van der Waals surface area contributed by atoms with Crippen molar-refractivity contribution in [3.05, 3.63) is 60.2 Å². The van der Waals surface area contributed by atoms with Crippen LogP contribution >= 0.6 is 0 Å². The Morgan fingerprint density at radius 3 is 2.71 bits per heavy atom. The third-order valence-electron chi connectivity index (χ3n) is 3.10. The molecule has 0 spiro atoms. The Balaban J connectivity index is 1.80. The van der Waals surface area contributed by atoms with E-state index in [1.165, 1.54) is 5.39 Å². The summed E-state index contributed by atoms with van der Waals surface area (Å²) in [7, 11) is 0. The minimum atomic E-state index is 0.0178. The third-order valence-corrected chi connectivity index (χ3v) is 3.10. The van der Waals surface area contributed by atoms with E-state index in [0.717, 1.165) is 16.5 Å². The SMILES string of the molecule is C=C(C)COCCNC(=O)Cc1ccc2ccccc2c1.